The smallest absolute Gasteiger partial charge is 0.309 e. The molecule has 0 heterocycles. The van der Waals surface area contributed by atoms with Gasteiger partial charge in [-0.05, 0) is 18.9 Å². The molecular weight excluding hydrogens is 194 g/mol. The van der Waals surface area contributed by atoms with Crippen molar-refractivity contribution >= 4 is 5.97 Å². The van der Waals surface area contributed by atoms with E-state index in [9.17, 15) is 9.90 Å². The van der Waals surface area contributed by atoms with Gasteiger partial charge >= 0.3 is 5.97 Å². The first kappa shape index (κ1) is 13.5. The molecule has 0 aliphatic rings. The summed E-state index contributed by atoms with van der Waals surface area (Å²) in [4.78, 5) is 11.3. The first-order valence-electron chi connectivity index (χ1n) is 4.92. The van der Waals surface area contributed by atoms with E-state index in [0.717, 1.165) is 0 Å². The minimum Gasteiger partial charge on any atom is -0.506 e. The van der Waals surface area contributed by atoms with E-state index in [4.69, 9.17) is 10.5 Å². The van der Waals surface area contributed by atoms with Crippen LogP contribution in [0.25, 0.3) is 0 Å². The summed E-state index contributed by atoms with van der Waals surface area (Å²) < 4.78 is 4.86. The number of allylic oxidation sites excluding steroid dienone is 1. The summed E-state index contributed by atoms with van der Waals surface area (Å²) >= 11 is 0. The van der Waals surface area contributed by atoms with Crippen molar-refractivity contribution in [2.45, 2.75) is 20.8 Å². The average Bonchev–Trinajstić information content (AvgIpc) is 2.16. The molecule has 0 aliphatic carbocycles. The number of carbonyl (C=O) groups excluding carboxylic acids is 1. The molecule has 86 valence electrons. The van der Waals surface area contributed by atoms with E-state index in [1.54, 1.807) is 20.8 Å². The monoisotopic (exact) mass is 213 g/mol. The fourth-order valence-corrected chi connectivity index (χ4v) is 0.989. The van der Waals surface area contributed by atoms with Crippen LogP contribution in [0.5, 0.6) is 0 Å². The summed E-state index contributed by atoms with van der Waals surface area (Å²) in [6, 6.07) is 0. The highest BCUT2D eigenvalue weighted by Gasteiger charge is 2.20. The van der Waals surface area contributed by atoms with Gasteiger partial charge < -0.3 is 15.6 Å². The lowest BCUT2D eigenvalue weighted by atomic mass is 9.95. The lowest BCUT2D eigenvalue weighted by Crippen LogP contribution is -2.20. The molecule has 0 amide bonds. The molecule has 0 bridgehead atoms. The van der Waals surface area contributed by atoms with Crippen LogP contribution in [-0.4, -0.2) is 17.7 Å². The maximum atomic E-state index is 11.3. The zero-order valence-corrected chi connectivity index (χ0v) is 9.49. The number of hydrogen-bond acceptors (Lipinski definition) is 4. The molecule has 2 unspecified atom stereocenters. The van der Waals surface area contributed by atoms with Crippen molar-refractivity contribution in [1.82, 2.24) is 0 Å². The van der Waals surface area contributed by atoms with Crippen molar-refractivity contribution in [2.24, 2.45) is 17.6 Å². The predicted octanol–water partition coefficient (Wildman–Crippen LogP) is 1.74. The molecule has 3 N–H and O–H groups in total. The lowest BCUT2D eigenvalue weighted by Gasteiger charge is -2.15. The second kappa shape index (κ2) is 6.11. The third-order valence-corrected chi connectivity index (χ3v) is 2.20. The molecule has 0 radical (unpaired) electrons. The summed E-state index contributed by atoms with van der Waals surface area (Å²) in [6.07, 6.45) is 1.50. The van der Waals surface area contributed by atoms with E-state index < -0.39 is 0 Å². The second-order valence-corrected chi connectivity index (χ2v) is 3.48. The number of aliphatic hydroxyl groups is 1. The number of hydrogen-bond donors (Lipinski definition) is 2. The van der Waals surface area contributed by atoms with Crippen LogP contribution >= 0.6 is 0 Å². The molecule has 0 fully saturated rings. The second-order valence-electron chi connectivity index (χ2n) is 3.48. The van der Waals surface area contributed by atoms with E-state index >= 15 is 0 Å². The van der Waals surface area contributed by atoms with Crippen LogP contribution in [0.3, 0.4) is 0 Å². The highest BCUT2D eigenvalue weighted by atomic mass is 16.5. The number of ether oxygens (including phenoxy) is 1. The molecule has 4 nitrogen and oxygen atoms in total. The molecule has 0 aromatic carbocycles. The predicted molar refractivity (Wildman–Crippen MR) is 59.0 cm³/mol. The standard InChI is InChI=1S/C11H19NO3/c1-5-15-11(14)8(3)7(2)6-10(13)9(4)12/h6-8,13H,4-5,12H2,1-3H3/b10-6+. The van der Waals surface area contributed by atoms with Gasteiger partial charge in [-0.2, -0.15) is 0 Å². The molecule has 0 saturated heterocycles. The van der Waals surface area contributed by atoms with Crippen molar-refractivity contribution in [3.05, 3.63) is 24.1 Å². The molecule has 0 aliphatic heterocycles. The molecule has 0 saturated carbocycles. The molecule has 0 aromatic heterocycles. The minimum absolute atomic E-state index is 0.0846. The number of nitrogens with two attached hydrogens (primary N) is 1. The van der Waals surface area contributed by atoms with Crippen LogP contribution in [0, 0.1) is 11.8 Å². The first-order chi connectivity index (χ1) is 6.90. The summed E-state index contributed by atoms with van der Waals surface area (Å²) in [5.74, 6) is -0.828. The van der Waals surface area contributed by atoms with Gasteiger partial charge in [-0.15, -0.1) is 0 Å². The Labute approximate surface area is 90.4 Å². The highest BCUT2D eigenvalue weighted by molar-refractivity contribution is 5.72. The van der Waals surface area contributed by atoms with Crippen LogP contribution in [0.15, 0.2) is 24.1 Å². The molecule has 4 heteroatoms. The van der Waals surface area contributed by atoms with Gasteiger partial charge in [0.05, 0.1) is 18.2 Å². The Bertz CT molecular complexity index is 271. The molecule has 0 rings (SSSR count). The molecule has 2 atom stereocenters. The molecule has 0 spiro atoms. The van der Waals surface area contributed by atoms with Crippen molar-refractivity contribution in [1.29, 1.82) is 0 Å². The maximum absolute atomic E-state index is 11.3. The Balaban J connectivity index is 4.45. The van der Waals surface area contributed by atoms with E-state index in [2.05, 4.69) is 6.58 Å². The Morgan fingerprint density at radius 1 is 1.60 bits per heavy atom. The van der Waals surface area contributed by atoms with E-state index in [1.807, 2.05) is 0 Å². The number of carbonyl (C=O) groups is 1. The Morgan fingerprint density at radius 2 is 2.13 bits per heavy atom. The van der Waals surface area contributed by atoms with Crippen LogP contribution in [0.1, 0.15) is 20.8 Å². The SMILES string of the molecule is C=C(N)/C(O)=C\C(C)C(C)C(=O)OCC. The van der Waals surface area contributed by atoms with Crippen molar-refractivity contribution in [3.8, 4) is 0 Å². The minimum atomic E-state index is -0.313. The van der Waals surface area contributed by atoms with Gasteiger partial charge in [-0.3, -0.25) is 4.79 Å². The van der Waals surface area contributed by atoms with Gasteiger partial charge in [0, 0.05) is 0 Å². The quantitative estimate of drug-likeness (QED) is 0.414. The van der Waals surface area contributed by atoms with Gasteiger partial charge in [0.2, 0.25) is 0 Å². The lowest BCUT2D eigenvalue weighted by molar-refractivity contribution is -0.148. The molecule has 15 heavy (non-hydrogen) atoms. The van der Waals surface area contributed by atoms with Crippen molar-refractivity contribution in [2.75, 3.05) is 6.61 Å². The third-order valence-electron chi connectivity index (χ3n) is 2.20. The van der Waals surface area contributed by atoms with E-state index in [0.29, 0.717) is 6.61 Å². The average molecular weight is 213 g/mol. The first-order valence-corrected chi connectivity index (χ1v) is 4.92. The summed E-state index contributed by atoms with van der Waals surface area (Å²) in [5.41, 5.74) is 5.39. The van der Waals surface area contributed by atoms with Gasteiger partial charge in [-0.25, -0.2) is 0 Å². The van der Waals surface area contributed by atoms with Crippen LogP contribution in [0.2, 0.25) is 0 Å². The van der Waals surface area contributed by atoms with Crippen LogP contribution in [-0.2, 0) is 9.53 Å². The molecule has 0 aromatic rings. The van der Waals surface area contributed by atoms with E-state index in [1.165, 1.54) is 6.08 Å². The Hall–Kier alpha value is -1.45. The Kier molecular flexibility index (Phi) is 5.52. The van der Waals surface area contributed by atoms with Crippen molar-refractivity contribution in [3.63, 3.8) is 0 Å². The maximum Gasteiger partial charge on any atom is 0.309 e. The summed E-state index contributed by atoms with van der Waals surface area (Å²) in [6.45, 7) is 9.05. The largest absolute Gasteiger partial charge is 0.506 e. The topological polar surface area (TPSA) is 72.5 Å². The van der Waals surface area contributed by atoms with Gasteiger partial charge in [0.15, 0.2) is 0 Å². The zero-order valence-electron chi connectivity index (χ0n) is 9.49. The highest BCUT2D eigenvalue weighted by Crippen LogP contribution is 2.16. The normalized spacial score (nSPS) is 15.5. The van der Waals surface area contributed by atoms with Gasteiger partial charge in [0.25, 0.3) is 0 Å². The van der Waals surface area contributed by atoms with Crippen molar-refractivity contribution < 1.29 is 14.6 Å². The third kappa shape index (κ3) is 4.54. The van der Waals surface area contributed by atoms with E-state index in [-0.39, 0.29) is 29.3 Å². The van der Waals surface area contributed by atoms with Gasteiger partial charge in [-0.1, -0.05) is 20.4 Å². The number of aliphatic hydroxyl groups excluding tert-OH is 1. The number of esters is 1. The fourth-order valence-electron chi connectivity index (χ4n) is 0.989. The Morgan fingerprint density at radius 3 is 2.53 bits per heavy atom. The number of rotatable bonds is 5. The fraction of sp³-hybridized carbons (Fsp3) is 0.545. The molecular formula is C11H19NO3. The summed E-state index contributed by atoms with van der Waals surface area (Å²) in [7, 11) is 0. The van der Waals surface area contributed by atoms with Crippen LogP contribution < -0.4 is 5.73 Å². The van der Waals surface area contributed by atoms with Gasteiger partial charge in [0.1, 0.15) is 5.76 Å². The zero-order chi connectivity index (χ0) is 12.0. The summed E-state index contributed by atoms with van der Waals surface area (Å²) in [5, 5.41) is 9.34. The van der Waals surface area contributed by atoms with Crippen LogP contribution in [0.4, 0.5) is 0 Å².